The van der Waals surface area contributed by atoms with Crippen LogP contribution >= 0.6 is 15.9 Å². The second kappa shape index (κ2) is 5.37. The minimum Gasteiger partial charge on any atom is -0.457 e. The number of nitrogens with two attached hydrogens (primary N) is 1. The van der Waals surface area contributed by atoms with E-state index < -0.39 is 0 Å². The zero-order valence-electron chi connectivity index (χ0n) is 11.9. The number of ether oxygens (including phenoxy) is 1. The molecule has 2 N–H and O–H groups in total. The fourth-order valence-electron chi connectivity index (χ4n) is 2.23. The van der Waals surface area contributed by atoms with Crippen LogP contribution in [0.4, 0.5) is 5.69 Å². The largest absolute Gasteiger partial charge is 0.457 e. The Morgan fingerprint density at radius 2 is 1.86 bits per heavy atom. The highest BCUT2D eigenvalue weighted by atomic mass is 79.9. The molecule has 0 aliphatic carbocycles. The average molecular weight is 343 g/mol. The van der Waals surface area contributed by atoms with Crippen LogP contribution in [0.5, 0.6) is 11.5 Å². The highest BCUT2D eigenvalue weighted by Crippen LogP contribution is 2.32. The lowest BCUT2D eigenvalue weighted by Gasteiger charge is -2.11. The summed E-state index contributed by atoms with van der Waals surface area (Å²) in [5.74, 6) is 1.57. The first-order chi connectivity index (χ1) is 10.0. The third-order valence-electron chi connectivity index (χ3n) is 3.28. The smallest absolute Gasteiger partial charge is 0.138 e. The molecule has 0 saturated heterocycles. The van der Waals surface area contributed by atoms with Gasteiger partial charge in [-0.2, -0.15) is 0 Å². The fraction of sp³-hybridized carbons (Fsp3) is 0.118. The van der Waals surface area contributed by atoms with Crippen molar-refractivity contribution >= 4 is 32.5 Å². The Kier molecular flexibility index (Phi) is 3.55. The van der Waals surface area contributed by atoms with Crippen LogP contribution in [0.15, 0.2) is 46.9 Å². The number of aromatic nitrogens is 1. The van der Waals surface area contributed by atoms with E-state index in [9.17, 15) is 0 Å². The van der Waals surface area contributed by atoms with Crippen LogP contribution in [0.1, 0.15) is 11.3 Å². The molecule has 0 atom stereocenters. The number of nitrogen functional groups attached to an aromatic ring is 1. The molecule has 0 saturated carbocycles. The molecule has 1 heterocycles. The van der Waals surface area contributed by atoms with E-state index in [2.05, 4.69) is 20.9 Å². The van der Waals surface area contributed by atoms with Crippen molar-refractivity contribution in [1.29, 1.82) is 0 Å². The number of halogens is 1. The molecule has 2 aromatic carbocycles. The molecule has 0 aliphatic rings. The maximum absolute atomic E-state index is 6.05. The number of rotatable bonds is 2. The Morgan fingerprint density at radius 3 is 2.62 bits per heavy atom. The van der Waals surface area contributed by atoms with E-state index >= 15 is 0 Å². The van der Waals surface area contributed by atoms with Gasteiger partial charge in [-0.25, -0.2) is 0 Å². The molecule has 3 nitrogen and oxygen atoms in total. The summed E-state index contributed by atoms with van der Waals surface area (Å²) in [5.41, 5.74) is 9.50. The van der Waals surface area contributed by atoms with Crippen molar-refractivity contribution in [2.75, 3.05) is 5.73 Å². The van der Waals surface area contributed by atoms with Crippen molar-refractivity contribution < 1.29 is 4.74 Å². The normalized spacial score (nSPS) is 10.8. The monoisotopic (exact) mass is 342 g/mol. The van der Waals surface area contributed by atoms with Gasteiger partial charge in [-0.15, -0.1) is 0 Å². The van der Waals surface area contributed by atoms with Crippen LogP contribution in [0.2, 0.25) is 0 Å². The Bertz CT molecular complexity index is 830. The van der Waals surface area contributed by atoms with Gasteiger partial charge in [-0.05, 0) is 55.8 Å². The number of hydrogen-bond donors (Lipinski definition) is 1. The number of pyridine rings is 1. The van der Waals surface area contributed by atoms with Crippen molar-refractivity contribution in [3.63, 3.8) is 0 Å². The summed E-state index contributed by atoms with van der Waals surface area (Å²) in [6, 6.07) is 13.5. The molecular weight excluding hydrogens is 328 g/mol. The first-order valence-corrected chi connectivity index (χ1v) is 7.43. The maximum Gasteiger partial charge on any atom is 0.138 e. The van der Waals surface area contributed by atoms with Gasteiger partial charge in [0.2, 0.25) is 0 Å². The lowest BCUT2D eigenvalue weighted by atomic mass is 10.1. The molecule has 0 amide bonds. The zero-order valence-corrected chi connectivity index (χ0v) is 13.4. The Labute approximate surface area is 131 Å². The minimum absolute atomic E-state index is 0.699. The van der Waals surface area contributed by atoms with E-state index in [4.69, 9.17) is 10.5 Å². The summed E-state index contributed by atoms with van der Waals surface area (Å²) in [4.78, 5) is 4.51. The van der Waals surface area contributed by atoms with Crippen molar-refractivity contribution in [2.24, 2.45) is 0 Å². The van der Waals surface area contributed by atoms with E-state index in [1.54, 1.807) is 0 Å². The lowest BCUT2D eigenvalue weighted by Crippen LogP contribution is -1.93. The van der Waals surface area contributed by atoms with Crippen molar-refractivity contribution in [2.45, 2.75) is 13.8 Å². The van der Waals surface area contributed by atoms with E-state index in [1.807, 2.05) is 56.3 Å². The first kappa shape index (κ1) is 13.9. The summed E-state index contributed by atoms with van der Waals surface area (Å²) in [5, 5.41) is 0.918. The summed E-state index contributed by atoms with van der Waals surface area (Å²) >= 11 is 3.49. The number of aryl methyl sites for hydroxylation is 2. The Hall–Kier alpha value is -2.07. The highest BCUT2D eigenvalue weighted by Gasteiger charge is 2.08. The molecule has 4 heteroatoms. The van der Waals surface area contributed by atoms with Crippen LogP contribution < -0.4 is 10.5 Å². The molecule has 21 heavy (non-hydrogen) atoms. The molecule has 0 spiro atoms. The lowest BCUT2D eigenvalue weighted by molar-refractivity contribution is 0.487. The highest BCUT2D eigenvalue weighted by molar-refractivity contribution is 9.10. The third-order valence-corrected chi connectivity index (χ3v) is 4.17. The average Bonchev–Trinajstić information content (AvgIpc) is 2.43. The van der Waals surface area contributed by atoms with Gasteiger partial charge in [0.1, 0.15) is 11.5 Å². The van der Waals surface area contributed by atoms with Crippen LogP contribution in [-0.4, -0.2) is 4.98 Å². The molecule has 3 aromatic rings. The summed E-state index contributed by atoms with van der Waals surface area (Å²) in [6.45, 7) is 3.99. The Balaban J connectivity index is 2.10. The summed E-state index contributed by atoms with van der Waals surface area (Å²) in [7, 11) is 0. The van der Waals surface area contributed by atoms with E-state index in [-0.39, 0.29) is 0 Å². The zero-order chi connectivity index (χ0) is 15.0. The van der Waals surface area contributed by atoms with E-state index in [0.29, 0.717) is 5.69 Å². The van der Waals surface area contributed by atoms with Crippen LogP contribution in [-0.2, 0) is 0 Å². The van der Waals surface area contributed by atoms with Crippen molar-refractivity contribution in [1.82, 2.24) is 4.98 Å². The van der Waals surface area contributed by atoms with Gasteiger partial charge >= 0.3 is 0 Å². The first-order valence-electron chi connectivity index (χ1n) is 6.64. The minimum atomic E-state index is 0.699. The molecule has 0 fully saturated rings. The molecule has 1 aromatic heterocycles. The summed E-state index contributed by atoms with van der Waals surface area (Å²) in [6.07, 6.45) is 0. The number of nitrogens with zero attached hydrogens (tertiary/aromatic N) is 1. The molecule has 106 valence electrons. The fourth-order valence-corrected chi connectivity index (χ4v) is 2.48. The number of benzene rings is 2. The van der Waals surface area contributed by atoms with Gasteiger partial charge in [0.15, 0.2) is 0 Å². The topological polar surface area (TPSA) is 48.1 Å². The van der Waals surface area contributed by atoms with Gasteiger partial charge in [-0.1, -0.05) is 15.9 Å². The predicted octanol–water partition coefficient (Wildman–Crippen LogP) is 4.99. The van der Waals surface area contributed by atoms with Crippen LogP contribution in [0.3, 0.4) is 0 Å². The van der Waals surface area contributed by atoms with E-state index in [1.165, 1.54) is 0 Å². The second-order valence-electron chi connectivity index (χ2n) is 5.05. The van der Waals surface area contributed by atoms with Gasteiger partial charge in [0.05, 0.1) is 5.52 Å². The van der Waals surface area contributed by atoms with Gasteiger partial charge in [0, 0.05) is 27.3 Å². The summed E-state index contributed by atoms with van der Waals surface area (Å²) < 4.78 is 7.11. The number of hydrogen-bond acceptors (Lipinski definition) is 3. The predicted molar refractivity (Wildman–Crippen MR) is 89.8 cm³/mol. The van der Waals surface area contributed by atoms with Crippen LogP contribution in [0, 0.1) is 13.8 Å². The van der Waals surface area contributed by atoms with Crippen molar-refractivity contribution in [3.05, 3.63) is 58.2 Å². The SMILES string of the molecule is Cc1cc(Oc2ccc(Br)c(C)c2)c2cc(N)ccc2n1. The van der Waals surface area contributed by atoms with Crippen molar-refractivity contribution in [3.8, 4) is 11.5 Å². The van der Waals surface area contributed by atoms with Gasteiger partial charge in [-0.3, -0.25) is 4.98 Å². The molecule has 3 rings (SSSR count). The number of fused-ring (bicyclic) bond motifs is 1. The third kappa shape index (κ3) is 2.85. The van der Waals surface area contributed by atoms with Crippen LogP contribution in [0.25, 0.3) is 10.9 Å². The second-order valence-corrected chi connectivity index (χ2v) is 5.91. The molecule has 0 unspecified atom stereocenters. The number of anilines is 1. The van der Waals surface area contributed by atoms with E-state index in [0.717, 1.165) is 38.1 Å². The molecule has 0 aliphatic heterocycles. The molecular formula is C17H15BrN2O. The maximum atomic E-state index is 6.05. The molecule has 0 radical (unpaired) electrons. The molecule has 0 bridgehead atoms. The standard InChI is InChI=1S/C17H15BrN2O/c1-10-7-13(4-5-15(10)18)21-17-8-11(2)20-16-6-3-12(19)9-14(16)17/h3-9H,19H2,1-2H3. The Morgan fingerprint density at radius 1 is 1.05 bits per heavy atom. The van der Waals surface area contributed by atoms with Gasteiger partial charge in [0.25, 0.3) is 0 Å². The van der Waals surface area contributed by atoms with Gasteiger partial charge < -0.3 is 10.5 Å². The quantitative estimate of drug-likeness (QED) is 0.667.